The first-order valence-electron chi connectivity index (χ1n) is 6.80. The van der Waals surface area contributed by atoms with Crippen LogP contribution in [0.25, 0.3) is 0 Å². The van der Waals surface area contributed by atoms with Crippen LogP contribution in [0, 0.1) is 10.8 Å². The molecule has 0 heterocycles. The number of ether oxygens (including phenoxy) is 2. The summed E-state index contributed by atoms with van der Waals surface area (Å²) < 4.78 is 63.5. The number of carbonyl (C=O) groups is 2. The van der Waals surface area contributed by atoms with Crippen LogP contribution in [0.3, 0.4) is 0 Å². The molecule has 0 rings (SSSR count). The van der Waals surface area contributed by atoms with Gasteiger partial charge in [0.2, 0.25) is 0 Å². The van der Waals surface area contributed by atoms with Gasteiger partial charge < -0.3 is 9.47 Å². The third kappa shape index (κ3) is 4.84. The zero-order chi connectivity index (χ0) is 18.7. The Morgan fingerprint density at radius 2 is 1.39 bits per heavy atom. The Hall–Kier alpha value is -1.29. The molecule has 0 aliphatic heterocycles. The number of hydrogen-bond donors (Lipinski definition) is 1. The zero-order valence-corrected chi connectivity index (χ0v) is 14.5. The van der Waals surface area contributed by atoms with E-state index in [9.17, 15) is 26.8 Å². The average molecular weight is 360 g/mol. The van der Waals surface area contributed by atoms with E-state index in [-0.39, 0.29) is 0 Å². The summed E-state index contributed by atoms with van der Waals surface area (Å²) in [5.41, 5.74) is -1.26. The number of esters is 2. The maximum atomic E-state index is 12.9. The van der Waals surface area contributed by atoms with E-state index in [0.717, 1.165) is 0 Å². The fourth-order valence-electron chi connectivity index (χ4n) is 1.36. The second kappa shape index (κ2) is 7.08. The average Bonchev–Trinajstić information content (AvgIpc) is 2.41. The van der Waals surface area contributed by atoms with Gasteiger partial charge in [0.05, 0.1) is 5.41 Å². The highest BCUT2D eigenvalue weighted by Crippen LogP contribution is 2.42. The van der Waals surface area contributed by atoms with E-state index in [2.05, 4.69) is 4.74 Å². The predicted octanol–water partition coefficient (Wildman–Crippen LogP) is 2.02. The minimum atomic E-state index is -5.92. The summed E-state index contributed by atoms with van der Waals surface area (Å²) in [5.74, 6) is -3.05. The van der Waals surface area contributed by atoms with Crippen LogP contribution >= 0.6 is 0 Å². The maximum absolute atomic E-state index is 12.9. The van der Waals surface area contributed by atoms with Gasteiger partial charge in [-0.3, -0.25) is 9.35 Å². The van der Waals surface area contributed by atoms with E-state index in [1.54, 1.807) is 13.8 Å². The molecule has 0 bridgehead atoms. The molecule has 1 N–H and O–H groups in total. The van der Waals surface area contributed by atoms with E-state index in [0.29, 0.717) is 6.42 Å². The summed E-state index contributed by atoms with van der Waals surface area (Å²) in [5, 5.41) is -5.07. The van der Waals surface area contributed by atoms with Crippen molar-refractivity contribution in [2.75, 3.05) is 13.2 Å². The third-order valence-electron chi connectivity index (χ3n) is 4.20. The minimum absolute atomic E-state index is 0.390. The molecule has 0 spiro atoms. The van der Waals surface area contributed by atoms with Crippen molar-refractivity contribution in [3.05, 3.63) is 0 Å². The Morgan fingerprint density at radius 1 is 1.00 bits per heavy atom. The van der Waals surface area contributed by atoms with Crippen LogP contribution < -0.4 is 0 Å². The topological polar surface area (TPSA) is 107 Å². The molecule has 0 amide bonds. The first-order valence-corrected chi connectivity index (χ1v) is 8.24. The number of halogens is 2. The van der Waals surface area contributed by atoms with E-state index >= 15 is 0 Å². The molecule has 0 aliphatic carbocycles. The smallest absolute Gasteiger partial charge is 0.462 e. The molecule has 10 heteroatoms. The Morgan fingerprint density at radius 3 is 1.74 bits per heavy atom. The molecular formula is C13H22F2O7S. The van der Waals surface area contributed by atoms with Gasteiger partial charge in [0.25, 0.3) is 0 Å². The molecule has 0 aliphatic rings. The fraction of sp³-hybridized carbons (Fsp3) is 0.846. The summed E-state index contributed by atoms with van der Waals surface area (Å²) >= 11 is 0. The minimum Gasteiger partial charge on any atom is -0.462 e. The number of rotatable bonds is 8. The highest BCUT2D eigenvalue weighted by Gasteiger charge is 2.54. The number of alkyl halides is 2. The molecule has 0 unspecified atom stereocenters. The van der Waals surface area contributed by atoms with Crippen molar-refractivity contribution < 1.29 is 40.8 Å². The van der Waals surface area contributed by atoms with Gasteiger partial charge in [-0.2, -0.15) is 17.2 Å². The van der Waals surface area contributed by atoms with Gasteiger partial charge >= 0.3 is 27.3 Å². The van der Waals surface area contributed by atoms with Crippen molar-refractivity contribution in [3.63, 3.8) is 0 Å². The summed E-state index contributed by atoms with van der Waals surface area (Å²) in [6.07, 6.45) is 0.685. The van der Waals surface area contributed by atoms with Gasteiger partial charge in [0, 0.05) is 0 Å². The molecule has 0 aromatic carbocycles. The lowest BCUT2D eigenvalue weighted by Gasteiger charge is -2.38. The molecule has 0 aromatic heterocycles. The van der Waals surface area contributed by atoms with Crippen LogP contribution in [0.5, 0.6) is 0 Å². The lowest BCUT2D eigenvalue weighted by Crippen LogP contribution is -2.41. The molecule has 0 radical (unpaired) electrons. The lowest BCUT2D eigenvalue weighted by atomic mass is 9.66. The first-order chi connectivity index (χ1) is 10.1. The summed E-state index contributed by atoms with van der Waals surface area (Å²) in [4.78, 5) is 22.9. The number of carbonyl (C=O) groups excluding carboxylic acids is 2. The van der Waals surface area contributed by atoms with Crippen LogP contribution in [0.1, 0.15) is 41.0 Å². The Kier molecular flexibility index (Phi) is 6.68. The van der Waals surface area contributed by atoms with E-state index in [1.807, 2.05) is 20.8 Å². The van der Waals surface area contributed by atoms with Crippen molar-refractivity contribution in [1.82, 2.24) is 0 Å². The first kappa shape index (κ1) is 21.7. The molecule has 0 atom stereocenters. The molecular weight excluding hydrogens is 338 g/mol. The molecule has 7 nitrogen and oxygen atoms in total. The van der Waals surface area contributed by atoms with Crippen molar-refractivity contribution in [1.29, 1.82) is 0 Å². The van der Waals surface area contributed by atoms with E-state index in [4.69, 9.17) is 9.29 Å². The summed E-state index contributed by atoms with van der Waals surface area (Å²) in [6.45, 7) is 7.67. The lowest BCUT2D eigenvalue weighted by molar-refractivity contribution is -0.170. The van der Waals surface area contributed by atoms with Gasteiger partial charge in [-0.15, -0.1) is 0 Å². The molecule has 0 fully saturated rings. The molecule has 0 saturated carbocycles. The normalized spacial score (nSPS) is 13.6. The second-order valence-electron chi connectivity index (χ2n) is 6.13. The third-order valence-corrected chi connectivity index (χ3v) is 5.01. The van der Waals surface area contributed by atoms with E-state index < -0.39 is 51.4 Å². The molecule has 136 valence electrons. The van der Waals surface area contributed by atoms with Crippen LogP contribution in [-0.4, -0.2) is 43.4 Å². The monoisotopic (exact) mass is 360 g/mol. The SMILES string of the molecule is CCC(C)(C)C(C)(C)C(=O)OCCOC(=O)C(F)(F)S(=O)(=O)O. The highest BCUT2D eigenvalue weighted by molar-refractivity contribution is 7.87. The fourth-order valence-corrected chi connectivity index (χ4v) is 1.63. The van der Waals surface area contributed by atoms with Gasteiger partial charge in [-0.25, -0.2) is 4.79 Å². The highest BCUT2D eigenvalue weighted by atomic mass is 32.2. The summed E-state index contributed by atoms with van der Waals surface area (Å²) in [7, 11) is -5.92. The van der Waals surface area contributed by atoms with Crippen LogP contribution in [0.4, 0.5) is 8.78 Å². The van der Waals surface area contributed by atoms with Crippen molar-refractivity contribution in [3.8, 4) is 0 Å². The van der Waals surface area contributed by atoms with Crippen LogP contribution in [0.15, 0.2) is 0 Å². The molecule has 0 aromatic rings. The molecule has 0 saturated heterocycles. The zero-order valence-electron chi connectivity index (χ0n) is 13.7. The van der Waals surface area contributed by atoms with E-state index in [1.165, 1.54) is 0 Å². The Labute approximate surface area is 134 Å². The van der Waals surface area contributed by atoms with Gasteiger partial charge in [-0.1, -0.05) is 20.8 Å². The summed E-state index contributed by atoms with van der Waals surface area (Å²) in [6, 6.07) is 0. The molecule has 23 heavy (non-hydrogen) atoms. The van der Waals surface area contributed by atoms with Crippen molar-refractivity contribution in [2.24, 2.45) is 10.8 Å². The standard InChI is InChI=1S/C13H22F2O7S/c1-6-11(2,3)12(4,5)9(16)21-7-8-22-10(17)13(14,15)23(18,19)20/h6-8H2,1-5H3,(H,18,19,20). The predicted molar refractivity (Wildman–Crippen MR) is 76.3 cm³/mol. The van der Waals surface area contributed by atoms with Crippen molar-refractivity contribution in [2.45, 2.75) is 46.3 Å². The Balaban J connectivity index is 4.55. The second-order valence-corrected chi connectivity index (χ2v) is 7.59. The van der Waals surface area contributed by atoms with Gasteiger partial charge in [-0.05, 0) is 25.7 Å². The number of hydrogen-bond acceptors (Lipinski definition) is 6. The maximum Gasteiger partial charge on any atom is 0.465 e. The largest absolute Gasteiger partial charge is 0.465 e. The van der Waals surface area contributed by atoms with Gasteiger partial charge in [0.15, 0.2) is 0 Å². The van der Waals surface area contributed by atoms with Crippen LogP contribution in [0.2, 0.25) is 0 Å². The quantitative estimate of drug-likeness (QED) is 0.401. The van der Waals surface area contributed by atoms with Crippen LogP contribution in [-0.2, 0) is 29.2 Å². The Bertz CT molecular complexity index is 553. The van der Waals surface area contributed by atoms with Gasteiger partial charge in [0.1, 0.15) is 13.2 Å². The van der Waals surface area contributed by atoms with Crippen molar-refractivity contribution >= 4 is 22.1 Å².